The van der Waals surface area contributed by atoms with E-state index in [1.165, 1.54) is 19.3 Å². The van der Waals surface area contributed by atoms with Crippen molar-refractivity contribution in [2.24, 2.45) is 16.1 Å². The average molecular weight is 397 g/mol. The molecular weight excluding hydrogens is 369 g/mol. The summed E-state index contributed by atoms with van der Waals surface area (Å²) in [6, 6.07) is 0.522. The number of rotatable bonds is 6. The Bertz CT molecular complexity index is 334. The third kappa shape index (κ3) is 3.57. The molecule has 3 atom stereocenters. The highest BCUT2D eigenvalue weighted by Crippen LogP contribution is 2.58. The van der Waals surface area contributed by atoms with E-state index in [2.05, 4.69) is 17.2 Å². The molecule has 20 heavy (non-hydrogen) atoms. The molecule has 0 heterocycles. The SMILES string of the molecule is CCOC1CC(N=C(N)NC(C)COC)C12CCC2.I. The molecule has 5 nitrogen and oxygen atoms in total. The normalized spacial score (nSPS) is 29.1. The monoisotopic (exact) mass is 397 g/mol. The number of hydrogen-bond donors (Lipinski definition) is 2. The second kappa shape index (κ2) is 7.79. The van der Waals surface area contributed by atoms with Crippen LogP contribution in [-0.4, -0.2) is 44.5 Å². The molecular formula is C14H28IN3O2. The molecule has 0 saturated heterocycles. The van der Waals surface area contributed by atoms with E-state index in [9.17, 15) is 0 Å². The zero-order chi connectivity index (χ0) is 13.9. The second-order valence-corrected chi connectivity index (χ2v) is 5.80. The average Bonchev–Trinajstić information content (AvgIpc) is 2.25. The van der Waals surface area contributed by atoms with Gasteiger partial charge in [-0.15, -0.1) is 24.0 Å². The Morgan fingerprint density at radius 1 is 1.50 bits per heavy atom. The van der Waals surface area contributed by atoms with Crippen LogP contribution in [0.25, 0.3) is 0 Å². The van der Waals surface area contributed by atoms with Gasteiger partial charge in [-0.1, -0.05) is 6.42 Å². The molecule has 0 aromatic carbocycles. The van der Waals surface area contributed by atoms with Gasteiger partial charge in [-0.3, -0.25) is 0 Å². The summed E-state index contributed by atoms with van der Waals surface area (Å²) in [6.07, 6.45) is 5.15. The van der Waals surface area contributed by atoms with Crippen LogP contribution in [0.5, 0.6) is 0 Å². The summed E-state index contributed by atoms with van der Waals surface area (Å²) >= 11 is 0. The van der Waals surface area contributed by atoms with Gasteiger partial charge in [0.25, 0.3) is 0 Å². The van der Waals surface area contributed by atoms with Crippen molar-refractivity contribution >= 4 is 29.9 Å². The molecule has 0 aliphatic heterocycles. The molecule has 0 aromatic rings. The standard InChI is InChI=1S/C14H27N3O2.HI/c1-4-19-12-8-11(14(12)6-5-7-14)17-13(15)16-10(2)9-18-3;/h10-12H,4-9H2,1-3H3,(H3,15,16,17);1H. The van der Waals surface area contributed by atoms with Crippen LogP contribution in [-0.2, 0) is 9.47 Å². The first-order valence-corrected chi connectivity index (χ1v) is 7.32. The van der Waals surface area contributed by atoms with Gasteiger partial charge in [-0.05, 0) is 33.1 Å². The molecule has 3 unspecified atom stereocenters. The molecule has 1 spiro atoms. The number of guanidine groups is 1. The number of halogens is 1. The number of methoxy groups -OCH3 is 1. The number of nitrogens with two attached hydrogens (primary N) is 1. The van der Waals surface area contributed by atoms with E-state index in [-0.39, 0.29) is 35.4 Å². The molecule has 2 saturated carbocycles. The molecule has 0 radical (unpaired) electrons. The summed E-state index contributed by atoms with van der Waals surface area (Å²) in [5.41, 5.74) is 6.26. The van der Waals surface area contributed by atoms with Crippen LogP contribution in [0.3, 0.4) is 0 Å². The van der Waals surface area contributed by atoms with E-state index in [0.29, 0.717) is 24.7 Å². The van der Waals surface area contributed by atoms with Crippen LogP contribution in [0.15, 0.2) is 4.99 Å². The zero-order valence-electron chi connectivity index (χ0n) is 12.7. The summed E-state index contributed by atoms with van der Waals surface area (Å²) in [7, 11) is 1.69. The fourth-order valence-corrected chi connectivity index (χ4v) is 3.33. The predicted octanol–water partition coefficient (Wildman–Crippen LogP) is 1.89. The lowest BCUT2D eigenvalue weighted by molar-refractivity contribution is -0.162. The predicted molar refractivity (Wildman–Crippen MR) is 91.6 cm³/mol. The first-order valence-electron chi connectivity index (χ1n) is 7.32. The van der Waals surface area contributed by atoms with Crippen LogP contribution in [0.2, 0.25) is 0 Å². The van der Waals surface area contributed by atoms with E-state index in [4.69, 9.17) is 15.2 Å². The highest BCUT2D eigenvalue weighted by Gasteiger charge is 2.59. The van der Waals surface area contributed by atoms with Gasteiger partial charge in [0.15, 0.2) is 5.96 Å². The van der Waals surface area contributed by atoms with E-state index in [0.717, 1.165) is 13.0 Å². The maximum absolute atomic E-state index is 5.98. The number of hydrogen-bond acceptors (Lipinski definition) is 3. The number of aliphatic imine (C=N–C) groups is 1. The lowest BCUT2D eigenvalue weighted by Crippen LogP contribution is -2.62. The van der Waals surface area contributed by atoms with Crippen LogP contribution in [0, 0.1) is 5.41 Å². The summed E-state index contributed by atoms with van der Waals surface area (Å²) in [6.45, 7) is 5.52. The van der Waals surface area contributed by atoms with Crippen molar-refractivity contribution < 1.29 is 9.47 Å². The number of nitrogens with zero attached hydrogens (tertiary/aromatic N) is 1. The summed E-state index contributed by atoms with van der Waals surface area (Å²) in [5.74, 6) is 0.538. The molecule has 3 N–H and O–H groups in total. The van der Waals surface area contributed by atoms with Crippen molar-refractivity contribution in [3.05, 3.63) is 0 Å². The van der Waals surface area contributed by atoms with Gasteiger partial charge in [-0.2, -0.15) is 0 Å². The summed E-state index contributed by atoms with van der Waals surface area (Å²) in [5, 5.41) is 3.17. The maximum atomic E-state index is 5.98. The Kier molecular flexibility index (Phi) is 7.00. The van der Waals surface area contributed by atoms with E-state index >= 15 is 0 Å². The first-order chi connectivity index (χ1) is 9.12. The third-order valence-electron chi connectivity index (χ3n) is 4.50. The first kappa shape index (κ1) is 18.0. The van der Waals surface area contributed by atoms with Crippen LogP contribution >= 0.6 is 24.0 Å². The molecule has 118 valence electrons. The smallest absolute Gasteiger partial charge is 0.189 e. The Labute approximate surface area is 139 Å². The van der Waals surface area contributed by atoms with Gasteiger partial charge < -0.3 is 20.5 Å². The minimum absolute atomic E-state index is 0. The molecule has 2 aliphatic carbocycles. The molecule has 2 aliphatic rings. The molecule has 0 bridgehead atoms. The van der Waals surface area contributed by atoms with Gasteiger partial charge in [0.2, 0.25) is 0 Å². The van der Waals surface area contributed by atoms with Crippen molar-refractivity contribution in [1.29, 1.82) is 0 Å². The molecule has 6 heteroatoms. The van der Waals surface area contributed by atoms with Crippen LogP contribution < -0.4 is 11.1 Å². The van der Waals surface area contributed by atoms with Crippen LogP contribution in [0.4, 0.5) is 0 Å². The van der Waals surface area contributed by atoms with Gasteiger partial charge >= 0.3 is 0 Å². The Morgan fingerprint density at radius 2 is 2.20 bits per heavy atom. The highest BCUT2D eigenvalue weighted by atomic mass is 127. The minimum Gasteiger partial charge on any atom is -0.383 e. The zero-order valence-corrected chi connectivity index (χ0v) is 15.1. The quantitative estimate of drug-likeness (QED) is 0.408. The highest BCUT2D eigenvalue weighted by molar-refractivity contribution is 14.0. The fourth-order valence-electron chi connectivity index (χ4n) is 3.33. The van der Waals surface area contributed by atoms with E-state index in [1.807, 2.05) is 6.92 Å². The largest absolute Gasteiger partial charge is 0.383 e. The molecule has 2 rings (SSSR count). The molecule has 0 aromatic heterocycles. The van der Waals surface area contributed by atoms with Gasteiger partial charge in [0.1, 0.15) is 0 Å². The van der Waals surface area contributed by atoms with Crippen molar-refractivity contribution in [1.82, 2.24) is 5.32 Å². The van der Waals surface area contributed by atoms with Crippen molar-refractivity contribution in [3.8, 4) is 0 Å². The number of ether oxygens (including phenoxy) is 2. The lowest BCUT2D eigenvalue weighted by Gasteiger charge is -2.59. The van der Waals surface area contributed by atoms with E-state index in [1.54, 1.807) is 7.11 Å². The Morgan fingerprint density at radius 3 is 2.70 bits per heavy atom. The summed E-state index contributed by atoms with van der Waals surface area (Å²) in [4.78, 5) is 4.66. The lowest BCUT2D eigenvalue weighted by atomic mass is 9.51. The Balaban J connectivity index is 0.00000200. The number of nitrogens with one attached hydrogen (secondary N) is 1. The van der Waals surface area contributed by atoms with Gasteiger partial charge in [0, 0.05) is 25.2 Å². The van der Waals surface area contributed by atoms with E-state index < -0.39 is 0 Å². The van der Waals surface area contributed by atoms with Crippen molar-refractivity contribution in [3.63, 3.8) is 0 Å². The second-order valence-electron chi connectivity index (χ2n) is 5.80. The maximum Gasteiger partial charge on any atom is 0.189 e. The van der Waals surface area contributed by atoms with Crippen molar-refractivity contribution in [2.75, 3.05) is 20.3 Å². The third-order valence-corrected chi connectivity index (χ3v) is 4.50. The minimum atomic E-state index is 0. The van der Waals surface area contributed by atoms with Crippen molar-refractivity contribution in [2.45, 2.75) is 57.7 Å². The topological polar surface area (TPSA) is 68.9 Å². The fraction of sp³-hybridized carbons (Fsp3) is 0.929. The van der Waals surface area contributed by atoms with Crippen LogP contribution in [0.1, 0.15) is 39.5 Å². The Hall–Kier alpha value is -0.0800. The molecule has 0 amide bonds. The summed E-state index contributed by atoms with van der Waals surface area (Å²) < 4.78 is 10.9. The van der Waals surface area contributed by atoms with Gasteiger partial charge in [-0.25, -0.2) is 4.99 Å². The van der Waals surface area contributed by atoms with Gasteiger partial charge in [0.05, 0.1) is 18.8 Å². The molecule has 2 fully saturated rings.